The highest BCUT2D eigenvalue weighted by atomic mass is 16.2. The first kappa shape index (κ1) is 12.8. The second-order valence-corrected chi connectivity index (χ2v) is 5.21. The molecule has 1 aliphatic heterocycles. The van der Waals surface area contributed by atoms with E-state index in [-0.39, 0.29) is 36.0 Å². The number of carbonyl (C=O) groups is 3. The summed E-state index contributed by atoms with van der Waals surface area (Å²) in [5.41, 5.74) is 0.529. The zero-order chi connectivity index (χ0) is 14.1. The van der Waals surface area contributed by atoms with Gasteiger partial charge in [0.15, 0.2) is 5.78 Å². The van der Waals surface area contributed by atoms with Gasteiger partial charge in [-0.3, -0.25) is 19.3 Å². The highest BCUT2D eigenvalue weighted by molar-refractivity contribution is 6.10. The number of carbonyl (C=O) groups excluding carboxylic acids is 3. The van der Waals surface area contributed by atoms with Gasteiger partial charge in [-0.15, -0.1) is 0 Å². The van der Waals surface area contributed by atoms with Crippen molar-refractivity contribution in [1.29, 1.82) is 0 Å². The van der Waals surface area contributed by atoms with Gasteiger partial charge in [-0.25, -0.2) is 0 Å². The van der Waals surface area contributed by atoms with Crippen molar-refractivity contribution in [2.75, 3.05) is 6.54 Å². The fraction of sp³-hybridized carbons (Fsp3) is 0.312. The smallest absolute Gasteiger partial charge is 0.233 e. The quantitative estimate of drug-likeness (QED) is 0.478. The van der Waals surface area contributed by atoms with E-state index in [2.05, 4.69) is 0 Å². The molecule has 102 valence electrons. The lowest BCUT2D eigenvalue weighted by atomic mass is 9.85. The van der Waals surface area contributed by atoms with Gasteiger partial charge in [-0.05, 0) is 12.8 Å². The summed E-state index contributed by atoms with van der Waals surface area (Å²) < 4.78 is 0. The number of ketones is 1. The van der Waals surface area contributed by atoms with Crippen LogP contribution in [0.1, 0.15) is 23.2 Å². The summed E-state index contributed by atoms with van der Waals surface area (Å²) in [6.45, 7) is -0.144. The predicted octanol–water partition coefficient (Wildman–Crippen LogP) is 1.82. The Hall–Kier alpha value is -2.23. The average Bonchev–Trinajstić information content (AvgIpc) is 2.74. The second-order valence-electron chi connectivity index (χ2n) is 5.21. The molecule has 20 heavy (non-hydrogen) atoms. The van der Waals surface area contributed by atoms with E-state index in [9.17, 15) is 14.4 Å². The number of fused-ring (bicyclic) bond motifs is 1. The van der Waals surface area contributed by atoms with Crippen molar-refractivity contribution in [1.82, 2.24) is 4.90 Å². The monoisotopic (exact) mass is 269 g/mol. The molecule has 2 aliphatic rings. The number of hydrogen-bond donors (Lipinski definition) is 0. The van der Waals surface area contributed by atoms with E-state index < -0.39 is 0 Å². The van der Waals surface area contributed by atoms with Crippen LogP contribution in [-0.2, 0) is 9.59 Å². The van der Waals surface area contributed by atoms with E-state index in [1.807, 2.05) is 18.2 Å². The molecule has 1 heterocycles. The lowest BCUT2D eigenvalue weighted by Gasteiger charge is -2.14. The Kier molecular flexibility index (Phi) is 3.22. The molecule has 2 amide bonds. The summed E-state index contributed by atoms with van der Waals surface area (Å²) in [5, 5.41) is 0. The molecular formula is C16H15NO3. The Morgan fingerprint density at radius 2 is 1.55 bits per heavy atom. The number of imide groups is 1. The highest BCUT2D eigenvalue weighted by Gasteiger charge is 2.47. The predicted molar refractivity (Wildman–Crippen MR) is 72.8 cm³/mol. The number of Topliss-reactive ketones (excluding diaryl/α,β-unsaturated/α-hetero) is 1. The van der Waals surface area contributed by atoms with Crippen LogP contribution in [0.5, 0.6) is 0 Å². The minimum atomic E-state index is -0.268. The van der Waals surface area contributed by atoms with Crippen molar-refractivity contribution in [3.05, 3.63) is 48.0 Å². The van der Waals surface area contributed by atoms with E-state index in [0.717, 1.165) is 4.90 Å². The largest absolute Gasteiger partial charge is 0.292 e. The summed E-state index contributed by atoms with van der Waals surface area (Å²) in [5.74, 6) is -1.13. The fourth-order valence-electron chi connectivity index (χ4n) is 2.88. The summed E-state index contributed by atoms with van der Waals surface area (Å²) in [6, 6.07) is 8.75. The van der Waals surface area contributed by atoms with Gasteiger partial charge in [0.1, 0.15) is 0 Å². The Morgan fingerprint density at radius 1 is 1.00 bits per heavy atom. The van der Waals surface area contributed by atoms with E-state index in [0.29, 0.717) is 18.4 Å². The Bertz CT molecular complexity index is 565. The third-order valence-electron chi connectivity index (χ3n) is 4.00. The molecule has 0 saturated carbocycles. The second kappa shape index (κ2) is 5.04. The fourth-order valence-corrected chi connectivity index (χ4v) is 2.88. The van der Waals surface area contributed by atoms with E-state index in [4.69, 9.17) is 0 Å². The highest BCUT2D eigenvalue weighted by Crippen LogP contribution is 2.34. The van der Waals surface area contributed by atoms with Gasteiger partial charge >= 0.3 is 0 Å². The molecule has 4 heteroatoms. The molecule has 0 N–H and O–H groups in total. The van der Waals surface area contributed by atoms with Crippen LogP contribution >= 0.6 is 0 Å². The third kappa shape index (κ3) is 2.07. The van der Waals surface area contributed by atoms with Gasteiger partial charge in [0.05, 0.1) is 18.4 Å². The Labute approximate surface area is 117 Å². The number of allylic oxidation sites excluding steroid dienone is 2. The molecule has 1 saturated heterocycles. The zero-order valence-corrected chi connectivity index (χ0v) is 11.0. The van der Waals surface area contributed by atoms with Gasteiger partial charge in [0.25, 0.3) is 0 Å². The molecule has 0 bridgehead atoms. The topological polar surface area (TPSA) is 54.5 Å². The van der Waals surface area contributed by atoms with Crippen LogP contribution in [0.25, 0.3) is 0 Å². The van der Waals surface area contributed by atoms with Crippen molar-refractivity contribution in [3.8, 4) is 0 Å². The minimum Gasteiger partial charge on any atom is -0.292 e. The maximum absolute atomic E-state index is 12.2. The van der Waals surface area contributed by atoms with E-state index in [1.165, 1.54) is 0 Å². The van der Waals surface area contributed by atoms with E-state index >= 15 is 0 Å². The lowest BCUT2D eigenvalue weighted by molar-refractivity contribution is -0.139. The minimum absolute atomic E-state index is 0.144. The standard InChI is InChI=1S/C16H15NO3/c18-14(11-6-2-1-3-7-11)10-17-15(19)12-8-4-5-9-13(12)16(17)20/h1-7,12-13H,8-10H2/t12-,13-/m0/s1. The molecule has 4 nitrogen and oxygen atoms in total. The normalized spacial score (nSPS) is 24.9. The molecule has 0 unspecified atom stereocenters. The third-order valence-corrected chi connectivity index (χ3v) is 4.00. The van der Waals surface area contributed by atoms with Crippen molar-refractivity contribution in [2.45, 2.75) is 12.8 Å². The van der Waals surface area contributed by atoms with Crippen LogP contribution < -0.4 is 0 Å². The van der Waals surface area contributed by atoms with Crippen LogP contribution in [0.3, 0.4) is 0 Å². The van der Waals surface area contributed by atoms with Crippen molar-refractivity contribution in [3.63, 3.8) is 0 Å². The molecule has 0 aromatic heterocycles. The van der Waals surface area contributed by atoms with E-state index in [1.54, 1.807) is 24.3 Å². The summed E-state index contributed by atoms with van der Waals surface area (Å²) >= 11 is 0. The molecule has 0 spiro atoms. The molecule has 1 aromatic rings. The van der Waals surface area contributed by atoms with Crippen molar-refractivity contribution < 1.29 is 14.4 Å². The SMILES string of the molecule is O=C(CN1C(=O)[C@H]2CC=CC[C@@H]2C1=O)c1ccccc1. The molecule has 1 aliphatic carbocycles. The van der Waals surface area contributed by atoms with Gasteiger partial charge < -0.3 is 0 Å². The van der Waals surface area contributed by atoms with Crippen LogP contribution in [0.2, 0.25) is 0 Å². The molecule has 3 rings (SSSR count). The first-order valence-corrected chi connectivity index (χ1v) is 6.77. The Morgan fingerprint density at radius 3 is 2.10 bits per heavy atom. The molecule has 0 radical (unpaired) electrons. The van der Waals surface area contributed by atoms with Crippen LogP contribution in [0.4, 0.5) is 0 Å². The number of nitrogens with zero attached hydrogens (tertiary/aromatic N) is 1. The van der Waals surface area contributed by atoms with Gasteiger partial charge in [-0.2, -0.15) is 0 Å². The summed E-state index contributed by atoms with van der Waals surface area (Å²) in [4.78, 5) is 37.7. The molecule has 1 aromatic carbocycles. The molecular weight excluding hydrogens is 254 g/mol. The van der Waals surface area contributed by atoms with Crippen LogP contribution in [0.15, 0.2) is 42.5 Å². The van der Waals surface area contributed by atoms with Crippen LogP contribution in [-0.4, -0.2) is 29.0 Å². The lowest BCUT2D eigenvalue weighted by Crippen LogP contribution is -2.36. The number of hydrogen-bond acceptors (Lipinski definition) is 3. The summed E-state index contributed by atoms with van der Waals surface area (Å²) in [6.07, 6.45) is 5.08. The number of benzene rings is 1. The number of rotatable bonds is 3. The van der Waals surface area contributed by atoms with Gasteiger partial charge in [0.2, 0.25) is 11.8 Å². The maximum atomic E-state index is 12.2. The van der Waals surface area contributed by atoms with Crippen molar-refractivity contribution in [2.24, 2.45) is 11.8 Å². The number of likely N-dealkylation sites (tertiary alicyclic amines) is 1. The van der Waals surface area contributed by atoms with Crippen LogP contribution in [0, 0.1) is 11.8 Å². The van der Waals surface area contributed by atoms with Gasteiger partial charge in [0, 0.05) is 5.56 Å². The first-order chi connectivity index (χ1) is 9.68. The molecule has 2 atom stereocenters. The molecule has 1 fully saturated rings. The van der Waals surface area contributed by atoms with Gasteiger partial charge in [-0.1, -0.05) is 42.5 Å². The average molecular weight is 269 g/mol. The first-order valence-electron chi connectivity index (χ1n) is 6.77. The summed E-state index contributed by atoms with van der Waals surface area (Å²) in [7, 11) is 0. The number of amides is 2. The zero-order valence-electron chi connectivity index (χ0n) is 11.0. The van der Waals surface area contributed by atoms with Crippen molar-refractivity contribution >= 4 is 17.6 Å². The Balaban J connectivity index is 1.77. The maximum Gasteiger partial charge on any atom is 0.233 e.